The van der Waals surface area contributed by atoms with Crippen LogP contribution in [-0.2, 0) is 12.8 Å². The first-order valence-corrected chi connectivity index (χ1v) is 8.18. The zero-order valence-corrected chi connectivity index (χ0v) is 16.5. The Kier molecular flexibility index (Phi) is 8.28. The van der Waals surface area contributed by atoms with E-state index in [9.17, 15) is 0 Å². The molecule has 3 nitrogen and oxygen atoms in total. The molecule has 2 rings (SSSR count). The van der Waals surface area contributed by atoms with Crippen LogP contribution >= 0.6 is 51.2 Å². The molecule has 0 spiro atoms. The van der Waals surface area contributed by atoms with Crippen molar-refractivity contribution in [1.82, 2.24) is 0 Å². The Morgan fingerprint density at radius 2 is 2.14 bits per heavy atom. The van der Waals surface area contributed by atoms with Gasteiger partial charge in [-0.05, 0) is 52.2 Å². The fourth-order valence-corrected chi connectivity index (χ4v) is 3.30. The van der Waals surface area contributed by atoms with Crippen LogP contribution in [0.1, 0.15) is 17.4 Å². The van der Waals surface area contributed by atoms with E-state index < -0.39 is 0 Å². The van der Waals surface area contributed by atoms with Gasteiger partial charge in [0, 0.05) is 23.5 Å². The van der Waals surface area contributed by atoms with Crippen molar-refractivity contribution in [2.75, 3.05) is 11.9 Å². The molecule has 3 N–H and O–H groups in total. The Hall–Kier alpha value is -0.600. The van der Waals surface area contributed by atoms with Crippen LogP contribution in [0.2, 0.25) is 0 Å². The number of rotatable bonds is 5. The fraction of sp³-hybridized carbons (Fsp3) is 0.267. The van der Waals surface area contributed by atoms with Crippen LogP contribution in [0.3, 0.4) is 0 Å². The summed E-state index contributed by atoms with van der Waals surface area (Å²) in [6.45, 7) is 2.83. The molecular formula is C15H19BrIN3S. The Labute approximate surface area is 155 Å². The van der Waals surface area contributed by atoms with Crippen LogP contribution < -0.4 is 11.1 Å². The summed E-state index contributed by atoms with van der Waals surface area (Å²) < 4.78 is 1.15. The highest BCUT2D eigenvalue weighted by Gasteiger charge is 1.99. The third kappa shape index (κ3) is 6.36. The second-order valence-corrected chi connectivity index (χ2v) is 6.95. The van der Waals surface area contributed by atoms with Crippen molar-refractivity contribution in [3.8, 4) is 0 Å². The molecule has 1 heterocycles. The van der Waals surface area contributed by atoms with E-state index in [2.05, 4.69) is 57.4 Å². The minimum atomic E-state index is 0. The smallest absolute Gasteiger partial charge is 0.193 e. The van der Waals surface area contributed by atoms with Gasteiger partial charge < -0.3 is 11.1 Å². The van der Waals surface area contributed by atoms with Crippen molar-refractivity contribution in [3.63, 3.8) is 0 Å². The summed E-state index contributed by atoms with van der Waals surface area (Å²) in [6, 6.07) is 12.4. The van der Waals surface area contributed by atoms with Gasteiger partial charge in [0.2, 0.25) is 0 Å². The normalized spacial score (nSPS) is 11.0. The molecule has 0 saturated carbocycles. The third-order valence-electron chi connectivity index (χ3n) is 2.88. The van der Waals surface area contributed by atoms with E-state index in [-0.39, 0.29) is 24.0 Å². The number of hydrogen-bond acceptors (Lipinski definition) is 2. The maximum atomic E-state index is 5.90. The molecule has 1 aromatic carbocycles. The van der Waals surface area contributed by atoms with E-state index in [0.29, 0.717) is 12.5 Å². The molecule has 0 amide bonds. The first kappa shape index (κ1) is 18.4. The molecule has 6 heteroatoms. The zero-order chi connectivity index (χ0) is 14.4. The minimum absolute atomic E-state index is 0. The lowest BCUT2D eigenvalue weighted by Crippen LogP contribution is -2.23. The van der Waals surface area contributed by atoms with Crippen molar-refractivity contribution in [1.29, 1.82) is 0 Å². The van der Waals surface area contributed by atoms with E-state index in [1.807, 2.05) is 12.1 Å². The van der Waals surface area contributed by atoms with Gasteiger partial charge in [0.1, 0.15) is 0 Å². The number of anilines is 1. The zero-order valence-electron chi connectivity index (χ0n) is 11.8. The average Bonchev–Trinajstić information content (AvgIpc) is 2.84. The lowest BCUT2D eigenvalue weighted by Gasteiger charge is -2.06. The van der Waals surface area contributed by atoms with E-state index >= 15 is 0 Å². The summed E-state index contributed by atoms with van der Waals surface area (Å²) in [7, 11) is 0. The quantitative estimate of drug-likeness (QED) is 0.372. The van der Waals surface area contributed by atoms with Crippen LogP contribution in [-0.4, -0.2) is 12.5 Å². The van der Waals surface area contributed by atoms with Crippen LogP contribution in [0.15, 0.2) is 45.2 Å². The van der Waals surface area contributed by atoms with E-state index in [1.165, 1.54) is 10.4 Å². The molecule has 0 aliphatic rings. The summed E-state index contributed by atoms with van der Waals surface area (Å²) in [5.74, 6) is 0.467. The monoisotopic (exact) mass is 479 g/mol. The predicted octanol–water partition coefficient (Wildman–Crippen LogP) is 4.66. The number of hydrogen-bond donors (Lipinski definition) is 2. The molecule has 0 saturated heterocycles. The highest BCUT2D eigenvalue weighted by Crippen LogP contribution is 2.22. The van der Waals surface area contributed by atoms with Crippen molar-refractivity contribution < 1.29 is 0 Å². The number of nitrogens with one attached hydrogen (secondary N) is 1. The fourth-order valence-electron chi connectivity index (χ4n) is 1.83. The van der Waals surface area contributed by atoms with Gasteiger partial charge in [-0.15, -0.1) is 35.3 Å². The molecule has 0 radical (unpaired) electrons. The van der Waals surface area contributed by atoms with E-state index in [4.69, 9.17) is 5.73 Å². The summed E-state index contributed by atoms with van der Waals surface area (Å²) >= 11 is 5.19. The largest absolute Gasteiger partial charge is 0.370 e. The molecular weight excluding hydrogens is 461 g/mol. The molecule has 21 heavy (non-hydrogen) atoms. The van der Waals surface area contributed by atoms with Crippen LogP contribution in [0.5, 0.6) is 0 Å². The highest BCUT2D eigenvalue weighted by molar-refractivity contribution is 14.0. The Bertz CT molecular complexity index is 598. The Morgan fingerprint density at radius 1 is 1.33 bits per heavy atom. The SMILES string of the molecule is CCc1cccc(NC(N)=NCCc2ccc(Br)s2)c1.I. The highest BCUT2D eigenvalue weighted by atomic mass is 127. The predicted molar refractivity (Wildman–Crippen MR) is 107 cm³/mol. The first-order valence-electron chi connectivity index (χ1n) is 6.57. The van der Waals surface area contributed by atoms with Crippen LogP contribution in [0.25, 0.3) is 0 Å². The van der Waals surface area contributed by atoms with Gasteiger partial charge >= 0.3 is 0 Å². The first-order chi connectivity index (χ1) is 9.67. The third-order valence-corrected chi connectivity index (χ3v) is 4.56. The molecule has 0 unspecified atom stereocenters. The van der Waals surface area contributed by atoms with Gasteiger partial charge in [-0.25, -0.2) is 0 Å². The number of aryl methyl sites for hydroxylation is 1. The number of benzene rings is 1. The lowest BCUT2D eigenvalue weighted by molar-refractivity contribution is 0.983. The molecule has 0 aliphatic carbocycles. The number of thiophene rings is 1. The van der Waals surface area contributed by atoms with Gasteiger partial charge in [0.15, 0.2) is 5.96 Å². The number of guanidine groups is 1. The minimum Gasteiger partial charge on any atom is -0.370 e. The summed E-state index contributed by atoms with van der Waals surface area (Å²) in [5, 5.41) is 3.13. The Morgan fingerprint density at radius 3 is 2.81 bits per heavy atom. The van der Waals surface area contributed by atoms with E-state index in [1.54, 1.807) is 11.3 Å². The van der Waals surface area contributed by atoms with E-state index in [0.717, 1.165) is 22.3 Å². The van der Waals surface area contributed by atoms with Gasteiger partial charge in [0.25, 0.3) is 0 Å². The summed E-state index contributed by atoms with van der Waals surface area (Å²) in [4.78, 5) is 5.66. The Balaban J connectivity index is 0.00000220. The topological polar surface area (TPSA) is 50.4 Å². The standard InChI is InChI=1S/C15H18BrN3S.HI/c1-2-11-4-3-5-12(10-11)19-15(17)18-9-8-13-6-7-14(16)20-13;/h3-7,10H,2,8-9H2,1H3,(H3,17,18,19);1H. The molecule has 0 fully saturated rings. The molecule has 0 atom stereocenters. The molecule has 1 aromatic heterocycles. The van der Waals surface area contributed by atoms with Gasteiger partial charge in [-0.1, -0.05) is 19.1 Å². The number of aliphatic imine (C=N–C) groups is 1. The molecule has 114 valence electrons. The molecule has 2 aromatic rings. The second kappa shape index (κ2) is 9.42. The molecule has 0 aliphatic heterocycles. The average molecular weight is 480 g/mol. The summed E-state index contributed by atoms with van der Waals surface area (Å²) in [6.07, 6.45) is 1.92. The van der Waals surface area contributed by atoms with Crippen molar-refractivity contribution in [2.45, 2.75) is 19.8 Å². The maximum absolute atomic E-state index is 5.90. The van der Waals surface area contributed by atoms with Crippen molar-refractivity contribution in [3.05, 3.63) is 50.6 Å². The van der Waals surface area contributed by atoms with Gasteiger partial charge in [0.05, 0.1) is 3.79 Å². The maximum Gasteiger partial charge on any atom is 0.193 e. The van der Waals surface area contributed by atoms with Gasteiger partial charge in [-0.3, -0.25) is 4.99 Å². The number of halogens is 2. The van der Waals surface area contributed by atoms with Gasteiger partial charge in [-0.2, -0.15) is 0 Å². The second-order valence-electron chi connectivity index (χ2n) is 4.40. The number of nitrogens with two attached hydrogens (primary N) is 1. The van der Waals surface area contributed by atoms with Crippen LogP contribution in [0, 0.1) is 0 Å². The molecule has 0 bridgehead atoms. The van der Waals surface area contributed by atoms with Crippen molar-refractivity contribution in [2.24, 2.45) is 10.7 Å². The summed E-state index contributed by atoms with van der Waals surface area (Å²) in [5.41, 5.74) is 8.17. The lowest BCUT2D eigenvalue weighted by atomic mass is 10.1. The van der Waals surface area contributed by atoms with Crippen molar-refractivity contribution >= 4 is 62.9 Å². The number of nitrogens with zero attached hydrogens (tertiary/aromatic N) is 1. The van der Waals surface area contributed by atoms with Crippen LogP contribution in [0.4, 0.5) is 5.69 Å².